The van der Waals surface area contributed by atoms with Gasteiger partial charge in [-0.05, 0) is 12.1 Å². The van der Waals surface area contributed by atoms with E-state index >= 15 is 0 Å². The lowest BCUT2D eigenvalue weighted by Gasteiger charge is -2.05. The summed E-state index contributed by atoms with van der Waals surface area (Å²) in [6, 6.07) is 4.58. The average molecular weight is 271 g/mol. The number of halogens is 3. The fraction of sp³-hybridized carbons (Fsp3) is 0.182. The van der Waals surface area contributed by atoms with Gasteiger partial charge in [0, 0.05) is 24.0 Å². The Balaban J connectivity index is 2.07. The van der Waals surface area contributed by atoms with E-state index in [9.17, 15) is 18.0 Å². The second-order valence-electron chi connectivity index (χ2n) is 3.62. The smallest absolute Gasteiger partial charge is 0.355 e. The summed E-state index contributed by atoms with van der Waals surface area (Å²) in [7, 11) is 0. The van der Waals surface area contributed by atoms with E-state index in [2.05, 4.69) is 10.1 Å². The van der Waals surface area contributed by atoms with E-state index in [1.54, 1.807) is 23.6 Å². The Bertz CT molecular complexity index is 566. The Morgan fingerprint density at radius 3 is 2.84 bits per heavy atom. The van der Waals surface area contributed by atoms with Crippen molar-refractivity contribution in [2.75, 3.05) is 6.54 Å². The van der Waals surface area contributed by atoms with Crippen LogP contribution in [0.4, 0.5) is 13.2 Å². The van der Waals surface area contributed by atoms with Crippen molar-refractivity contribution in [3.63, 3.8) is 0 Å². The normalized spacial score (nSPS) is 11.3. The van der Waals surface area contributed by atoms with Crippen molar-refractivity contribution in [3.8, 4) is 11.3 Å². The Labute approximate surface area is 105 Å². The lowest BCUT2D eigenvalue weighted by atomic mass is 10.2. The molecule has 0 unspecified atom stereocenters. The van der Waals surface area contributed by atoms with E-state index in [-0.39, 0.29) is 11.5 Å². The molecule has 0 aliphatic rings. The minimum atomic E-state index is -4.47. The number of amides is 1. The highest BCUT2D eigenvalue weighted by Gasteiger charge is 2.28. The van der Waals surface area contributed by atoms with Crippen LogP contribution in [0.25, 0.3) is 11.3 Å². The van der Waals surface area contributed by atoms with Gasteiger partial charge in [-0.3, -0.25) is 9.78 Å². The predicted octanol–water partition coefficient (Wildman–Crippen LogP) is 2.03. The predicted molar refractivity (Wildman–Crippen MR) is 58.1 cm³/mol. The van der Waals surface area contributed by atoms with Gasteiger partial charge in [0.05, 0.1) is 0 Å². The summed E-state index contributed by atoms with van der Waals surface area (Å²) in [6.45, 7) is -1.42. The monoisotopic (exact) mass is 271 g/mol. The highest BCUT2D eigenvalue weighted by Crippen LogP contribution is 2.19. The van der Waals surface area contributed by atoms with Crippen LogP contribution < -0.4 is 5.32 Å². The van der Waals surface area contributed by atoms with Crippen LogP contribution in [0.3, 0.4) is 0 Å². The third-order valence-corrected chi connectivity index (χ3v) is 2.14. The van der Waals surface area contributed by atoms with E-state index in [0.29, 0.717) is 5.56 Å². The quantitative estimate of drug-likeness (QED) is 0.927. The molecule has 100 valence electrons. The lowest BCUT2D eigenvalue weighted by Crippen LogP contribution is -2.33. The Hall–Kier alpha value is -2.38. The fourth-order valence-corrected chi connectivity index (χ4v) is 1.30. The van der Waals surface area contributed by atoms with Crippen molar-refractivity contribution in [2.24, 2.45) is 0 Å². The van der Waals surface area contributed by atoms with Crippen molar-refractivity contribution in [1.82, 2.24) is 15.5 Å². The molecule has 0 spiro atoms. The van der Waals surface area contributed by atoms with Crippen LogP contribution in [0.5, 0.6) is 0 Å². The minimum Gasteiger partial charge on any atom is -0.355 e. The van der Waals surface area contributed by atoms with Crippen LogP contribution in [0.15, 0.2) is 35.1 Å². The number of hydrogen-bond donors (Lipinski definition) is 1. The third kappa shape index (κ3) is 3.54. The second kappa shape index (κ2) is 5.09. The summed E-state index contributed by atoms with van der Waals surface area (Å²) in [5.74, 6) is -0.693. The summed E-state index contributed by atoms with van der Waals surface area (Å²) < 4.78 is 40.7. The molecule has 0 bridgehead atoms. The van der Waals surface area contributed by atoms with Crippen molar-refractivity contribution in [2.45, 2.75) is 6.18 Å². The van der Waals surface area contributed by atoms with Gasteiger partial charge in [0.15, 0.2) is 11.5 Å². The van der Waals surface area contributed by atoms with Gasteiger partial charge >= 0.3 is 6.18 Å². The first-order chi connectivity index (χ1) is 8.96. The van der Waals surface area contributed by atoms with Gasteiger partial charge in [0.25, 0.3) is 5.91 Å². The lowest BCUT2D eigenvalue weighted by molar-refractivity contribution is -0.123. The van der Waals surface area contributed by atoms with Crippen molar-refractivity contribution < 1.29 is 22.5 Å². The first-order valence-electron chi connectivity index (χ1n) is 5.18. The van der Waals surface area contributed by atoms with Crippen LogP contribution in [0.2, 0.25) is 0 Å². The molecule has 0 aromatic carbocycles. The molecule has 0 radical (unpaired) electrons. The first-order valence-corrected chi connectivity index (χ1v) is 5.18. The van der Waals surface area contributed by atoms with Crippen molar-refractivity contribution in [3.05, 3.63) is 36.3 Å². The first kappa shape index (κ1) is 13.1. The van der Waals surface area contributed by atoms with Gasteiger partial charge in [-0.1, -0.05) is 5.16 Å². The van der Waals surface area contributed by atoms with Gasteiger partial charge in [-0.2, -0.15) is 13.2 Å². The zero-order valence-electron chi connectivity index (χ0n) is 9.44. The number of carbonyl (C=O) groups is 1. The number of nitrogens with zero attached hydrogens (tertiary/aromatic N) is 2. The molecular formula is C11H8F3N3O2. The number of carbonyl (C=O) groups excluding carboxylic acids is 1. The number of nitrogens with one attached hydrogen (secondary N) is 1. The molecule has 5 nitrogen and oxygen atoms in total. The SMILES string of the molecule is O=C(NCC(F)(F)F)c1cc(-c2cccnc2)on1. The summed E-state index contributed by atoms with van der Waals surface area (Å²) in [6.07, 6.45) is -1.43. The zero-order chi connectivity index (χ0) is 13.9. The molecule has 0 saturated heterocycles. The minimum absolute atomic E-state index is 0.219. The zero-order valence-corrected chi connectivity index (χ0v) is 9.44. The van der Waals surface area contributed by atoms with Crippen LogP contribution >= 0.6 is 0 Å². The van der Waals surface area contributed by atoms with Gasteiger partial charge in [-0.25, -0.2) is 0 Å². The van der Waals surface area contributed by atoms with Gasteiger partial charge in [-0.15, -0.1) is 0 Å². The average Bonchev–Trinajstić information content (AvgIpc) is 2.86. The molecule has 2 rings (SSSR count). The van der Waals surface area contributed by atoms with E-state index in [1.807, 2.05) is 0 Å². The number of alkyl halides is 3. The van der Waals surface area contributed by atoms with Gasteiger partial charge < -0.3 is 9.84 Å². The molecule has 1 N–H and O–H groups in total. The molecule has 8 heteroatoms. The highest BCUT2D eigenvalue weighted by atomic mass is 19.4. The molecule has 0 atom stereocenters. The Kier molecular flexibility index (Phi) is 3.50. The molecule has 2 heterocycles. The third-order valence-electron chi connectivity index (χ3n) is 2.14. The molecule has 0 fully saturated rings. The van der Waals surface area contributed by atoms with Crippen LogP contribution in [0.1, 0.15) is 10.5 Å². The molecule has 1 amide bonds. The topological polar surface area (TPSA) is 68.0 Å². The van der Waals surface area contributed by atoms with E-state index < -0.39 is 18.6 Å². The largest absolute Gasteiger partial charge is 0.405 e. The van der Waals surface area contributed by atoms with Crippen molar-refractivity contribution in [1.29, 1.82) is 0 Å². The van der Waals surface area contributed by atoms with Crippen LogP contribution in [-0.2, 0) is 0 Å². The van der Waals surface area contributed by atoms with Gasteiger partial charge in [0.1, 0.15) is 6.54 Å². The van der Waals surface area contributed by atoms with E-state index in [4.69, 9.17) is 4.52 Å². The molecule has 19 heavy (non-hydrogen) atoms. The molecule has 0 saturated carbocycles. The number of pyridine rings is 1. The summed E-state index contributed by atoms with van der Waals surface area (Å²) in [5, 5.41) is 5.11. The van der Waals surface area contributed by atoms with Gasteiger partial charge in [0.2, 0.25) is 0 Å². The molecule has 2 aromatic heterocycles. The second-order valence-corrected chi connectivity index (χ2v) is 3.62. The maximum Gasteiger partial charge on any atom is 0.405 e. The Morgan fingerprint density at radius 1 is 1.42 bits per heavy atom. The maximum atomic E-state index is 11.9. The van der Waals surface area contributed by atoms with E-state index in [1.165, 1.54) is 12.3 Å². The molecular weight excluding hydrogens is 263 g/mol. The van der Waals surface area contributed by atoms with Crippen LogP contribution in [-0.4, -0.2) is 28.8 Å². The summed E-state index contributed by atoms with van der Waals surface area (Å²) >= 11 is 0. The summed E-state index contributed by atoms with van der Waals surface area (Å²) in [4.78, 5) is 15.2. The molecule has 0 aliphatic carbocycles. The standard InChI is InChI=1S/C11H8F3N3O2/c12-11(13,14)6-16-10(18)8-4-9(19-17-8)7-2-1-3-15-5-7/h1-5H,6H2,(H,16,18). The van der Waals surface area contributed by atoms with E-state index in [0.717, 1.165) is 0 Å². The number of hydrogen-bond acceptors (Lipinski definition) is 4. The fourth-order valence-electron chi connectivity index (χ4n) is 1.30. The number of aromatic nitrogens is 2. The van der Waals surface area contributed by atoms with Crippen LogP contribution in [0, 0.1) is 0 Å². The summed E-state index contributed by atoms with van der Waals surface area (Å²) in [5.41, 5.74) is 0.355. The molecule has 2 aromatic rings. The van der Waals surface area contributed by atoms with Crippen molar-refractivity contribution >= 4 is 5.91 Å². The Morgan fingerprint density at radius 2 is 2.21 bits per heavy atom. The number of rotatable bonds is 3. The highest BCUT2D eigenvalue weighted by molar-refractivity contribution is 5.93. The maximum absolute atomic E-state index is 11.9. The molecule has 0 aliphatic heterocycles.